The second-order valence-electron chi connectivity index (χ2n) is 2.56. The van der Waals surface area contributed by atoms with Gasteiger partial charge in [0.25, 0.3) is 0 Å². The third-order valence-electron chi connectivity index (χ3n) is 1.63. The lowest BCUT2D eigenvalue weighted by molar-refractivity contribution is 0.554. The molecule has 0 unspecified atom stereocenters. The lowest BCUT2D eigenvalue weighted by atomic mass is 10.2. The summed E-state index contributed by atoms with van der Waals surface area (Å²) in [6, 6.07) is 1.92. The van der Waals surface area contributed by atoms with E-state index in [0.29, 0.717) is 0 Å². The SMILES string of the molecule is [c]1occc1CCNc1nccs1. The van der Waals surface area contributed by atoms with Crippen LogP contribution >= 0.6 is 11.3 Å². The van der Waals surface area contributed by atoms with Crippen LogP contribution in [0.5, 0.6) is 0 Å². The Kier molecular flexibility index (Phi) is 2.62. The molecule has 2 aromatic rings. The molecular formula is C9H9N2OS. The molecule has 1 radical (unpaired) electrons. The van der Waals surface area contributed by atoms with E-state index in [2.05, 4.69) is 16.6 Å². The fourth-order valence-electron chi connectivity index (χ4n) is 1.01. The van der Waals surface area contributed by atoms with Crippen molar-refractivity contribution in [2.24, 2.45) is 0 Å². The summed E-state index contributed by atoms with van der Waals surface area (Å²) < 4.78 is 4.84. The van der Waals surface area contributed by atoms with Crippen LogP contribution in [0.15, 0.2) is 28.3 Å². The summed E-state index contributed by atoms with van der Waals surface area (Å²) in [7, 11) is 0. The van der Waals surface area contributed by atoms with E-state index in [1.165, 1.54) is 0 Å². The summed E-state index contributed by atoms with van der Waals surface area (Å²) in [4.78, 5) is 4.11. The second kappa shape index (κ2) is 4.09. The molecule has 0 aliphatic rings. The number of furan rings is 1. The summed E-state index contributed by atoms with van der Waals surface area (Å²) in [6.45, 7) is 0.865. The van der Waals surface area contributed by atoms with Gasteiger partial charge in [0.2, 0.25) is 0 Å². The Bertz CT molecular complexity index is 294. The maximum atomic E-state index is 4.84. The topological polar surface area (TPSA) is 38.1 Å². The van der Waals surface area contributed by atoms with Crippen LogP contribution in [0.2, 0.25) is 0 Å². The molecule has 2 heterocycles. The molecule has 2 aromatic heterocycles. The van der Waals surface area contributed by atoms with Crippen LogP contribution in [0.25, 0.3) is 0 Å². The Labute approximate surface area is 80.4 Å². The molecular weight excluding hydrogens is 184 g/mol. The van der Waals surface area contributed by atoms with Gasteiger partial charge in [0.05, 0.1) is 6.26 Å². The number of thiazole rings is 1. The van der Waals surface area contributed by atoms with Gasteiger partial charge in [-0.3, -0.25) is 0 Å². The molecule has 0 saturated carbocycles. The van der Waals surface area contributed by atoms with Crippen molar-refractivity contribution in [2.45, 2.75) is 6.42 Å². The van der Waals surface area contributed by atoms with Gasteiger partial charge in [-0.25, -0.2) is 4.98 Å². The number of hydrogen-bond donors (Lipinski definition) is 1. The van der Waals surface area contributed by atoms with Gasteiger partial charge in [0.15, 0.2) is 11.4 Å². The number of rotatable bonds is 4. The molecule has 0 bridgehead atoms. The predicted octanol–water partition coefficient (Wildman–Crippen LogP) is 2.19. The van der Waals surface area contributed by atoms with E-state index in [0.717, 1.165) is 23.7 Å². The van der Waals surface area contributed by atoms with E-state index in [1.54, 1.807) is 23.8 Å². The van der Waals surface area contributed by atoms with Crippen LogP contribution in [0, 0.1) is 6.26 Å². The van der Waals surface area contributed by atoms with Gasteiger partial charge >= 0.3 is 0 Å². The molecule has 1 N–H and O–H groups in total. The highest BCUT2D eigenvalue weighted by Crippen LogP contribution is 2.10. The number of nitrogens with zero attached hydrogens (tertiary/aromatic N) is 1. The molecule has 13 heavy (non-hydrogen) atoms. The molecule has 0 aliphatic carbocycles. The first-order valence-corrected chi connectivity index (χ1v) is 4.90. The van der Waals surface area contributed by atoms with E-state index in [9.17, 15) is 0 Å². The van der Waals surface area contributed by atoms with Gasteiger partial charge in [-0.15, -0.1) is 11.3 Å². The van der Waals surface area contributed by atoms with E-state index in [-0.39, 0.29) is 0 Å². The van der Waals surface area contributed by atoms with Crippen LogP contribution < -0.4 is 5.32 Å². The molecule has 0 amide bonds. The average Bonchev–Trinajstić information content (AvgIpc) is 2.75. The van der Waals surface area contributed by atoms with Crippen molar-refractivity contribution in [3.8, 4) is 0 Å². The maximum absolute atomic E-state index is 4.84. The minimum atomic E-state index is 0.865. The van der Waals surface area contributed by atoms with Crippen LogP contribution in [0.1, 0.15) is 5.56 Å². The fraction of sp³-hybridized carbons (Fsp3) is 0.222. The monoisotopic (exact) mass is 193 g/mol. The number of hydrogen-bond acceptors (Lipinski definition) is 4. The van der Waals surface area contributed by atoms with Gasteiger partial charge < -0.3 is 9.73 Å². The zero-order chi connectivity index (χ0) is 8.93. The Morgan fingerprint density at radius 3 is 3.31 bits per heavy atom. The highest BCUT2D eigenvalue weighted by Gasteiger charge is 1.96. The van der Waals surface area contributed by atoms with Gasteiger partial charge in [-0.1, -0.05) is 0 Å². The van der Waals surface area contributed by atoms with Crippen molar-refractivity contribution in [1.82, 2.24) is 4.98 Å². The summed E-state index contributed by atoms with van der Waals surface area (Å²) in [5.41, 5.74) is 1.09. The molecule has 0 saturated heterocycles. The standard InChI is InChI=1S/C9H9N2OS/c1(8-2-5-12-7-8)3-10-9-11-4-6-13-9/h2,4-6H,1,3H2,(H,10,11). The molecule has 0 aliphatic heterocycles. The molecule has 2 rings (SSSR count). The first-order chi connectivity index (χ1) is 6.45. The molecule has 4 heteroatoms. The number of anilines is 1. The molecule has 3 nitrogen and oxygen atoms in total. The third-order valence-corrected chi connectivity index (χ3v) is 2.36. The smallest absolute Gasteiger partial charge is 0.182 e. The largest absolute Gasteiger partial charge is 0.461 e. The van der Waals surface area contributed by atoms with Gasteiger partial charge in [0.1, 0.15) is 0 Å². The first kappa shape index (κ1) is 8.31. The number of aromatic nitrogens is 1. The molecule has 67 valence electrons. The maximum Gasteiger partial charge on any atom is 0.182 e. The fourth-order valence-corrected chi connectivity index (χ4v) is 1.57. The van der Waals surface area contributed by atoms with E-state index in [4.69, 9.17) is 4.42 Å². The average molecular weight is 193 g/mol. The van der Waals surface area contributed by atoms with Gasteiger partial charge in [-0.2, -0.15) is 0 Å². The molecule has 0 aromatic carbocycles. The summed E-state index contributed by atoms with van der Waals surface area (Å²) in [6.07, 6.45) is 7.12. The highest BCUT2D eigenvalue weighted by molar-refractivity contribution is 7.13. The van der Waals surface area contributed by atoms with Crippen LogP contribution in [0.4, 0.5) is 5.13 Å². The molecule has 0 atom stereocenters. The quantitative estimate of drug-likeness (QED) is 0.808. The lowest BCUT2D eigenvalue weighted by Crippen LogP contribution is -2.03. The van der Waals surface area contributed by atoms with Crippen LogP contribution in [-0.2, 0) is 6.42 Å². The highest BCUT2D eigenvalue weighted by atomic mass is 32.1. The van der Waals surface area contributed by atoms with E-state index in [1.807, 2.05) is 11.4 Å². The van der Waals surface area contributed by atoms with Gasteiger partial charge in [0, 0.05) is 23.7 Å². The van der Waals surface area contributed by atoms with Crippen molar-refractivity contribution in [1.29, 1.82) is 0 Å². The Morgan fingerprint density at radius 2 is 2.62 bits per heavy atom. The van der Waals surface area contributed by atoms with E-state index < -0.39 is 0 Å². The van der Waals surface area contributed by atoms with E-state index >= 15 is 0 Å². The van der Waals surface area contributed by atoms with Crippen molar-refractivity contribution < 1.29 is 4.42 Å². The Morgan fingerprint density at radius 1 is 1.62 bits per heavy atom. The molecule has 0 spiro atoms. The van der Waals surface area contributed by atoms with Crippen LogP contribution in [0.3, 0.4) is 0 Å². The second-order valence-corrected chi connectivity index (χ2v) is 3.46. The number of nitrogens with one attached hydrogen (secondary N) is 1. The third kappa shape index (κ3) is 2.32. The minimum Gasteiger partial charge on any atom is -0.461 e. The van der Waals surface area contributed by atoms with Crippen molar-refractivity contribution in [3.05, 3.63) is 35.7 Å². The normalized spacial score (nSPS) is 10.2. The summed E-state index contributed by atoms with van der Waals surface area (Å²) in [5, 5.41) is 6.12. The summed E-state index contributed by atoms with van der Waals surface area (Å²) >= 11 is 1.60. The zero-order valence-electron chi connectivity index (χ0n) is 6.99. The predicted molar refractivity (Wildman–Crippen MR) is 51.9 cm³/mol. The Balaban J connectivity index is 1.76. The van der Waals surface area contributed by atoms with Crippen molar-refractivity contribution in [2.75, 3.05) is 11.9 Å². The summed E-state index contributed by atoms with van der Waals surface area (Å²) in [5.74, 6) is 0. The first-order valence-electron chi connectivity index (χ1n) is 4.02. The van der Waals surface area contributed by atoms with Crippen molar-refractivity contribution in [3.63, 3.8) is 0 Å². The Hall–Kier alpha value is -1.29. The van der Waals surface area contributed by atoms with Crippen molar-refractivity contribution >= 4 is 16.5 Å². The minimum absolute atomic E-state index is 0.865. The van der Waals surface area contributed by atoms with Gasteiger partial charge in [-0.05, 0) is 12.5 Å². The molecule has 0 fully saturated rings. The van der Waals surface area contributed by atoms with Crippen LogP contribution in [-0.4, -0.2) is 11.5 Å². The zero-order valence-corrected chi connectivity index (χ0v) is 7.80. The lowest BCUT2D eigenvalue weighted by Gasteiger charge is -1.98.